The zero-order valence-corrected chi connectivity index (χ0v) is 11.7. The number of rotatable bonds is 4. The molecular weight excluding hydrogens is 294 g/mol. The fraction of sp³-hybridized carbons (Fsp3) is 0.0667. The molecule has 0 spiro atoms. The zero-order chi connectivity index (χ0) is 15.4. The number of thiocarbonyl (C=S) groups is 1. The highest BCUT2D eigenvalue weighted by atomic mass is 32.1. The molecule has 0 bridgehead atoms. The van der Waals surface area contributed by atoms with E-state index in [1.165, 1.54) is 12.1 Å². The Labute approximate surface area is 125 Å². The van der Waals surface area contributed by atoms with Crippen molar-refractivity contribution in [3.05, 3.63) is 65.2 Å². The van der Waals surface area contributed by atoms with Crippen molar-refractivity contribution in [3.8, 4) is 0 Å². The van der Waals surface area contributed by atoms with E-state index in [-0.39, 0.29) is 17.1 Å². The third-order valence-electron chi connectivity index (χ3n) is 2.83. The van der Waals surface area contributed by atoms with Gasteiger partial charge in [-0.05, 0) is 17.7 Å². The highest BCUT2D eigenvalue weighted by molar-refractivity contribution is 7.80. The molecule has 1 amide bonds. The summed E-state index contributed by atoms with van der Waals surface area (Å²) in [6.45, 7) is 0. The minimum absolute atomic E-state index is 0.0353. The second-order valence-corrected chi connectivity index (χ2v) is 4.83. The Hall–Kier alpha value is -2.34. The van der Waals surface area contributed by atoms with Crippen LogP contribution in [-0.2, 0) is 11.2 Å². The lowest BCUT2D eigenvalue weighted by Crippen LogP contribution is -2.16. The molecule has 0 saturated carbocycles. The van der Waals surface area contributed by atoms with E-state index >= 15 is 0 Å². The molecule has 0 atom stereocenters. The Morgan fingerprint density at radius 3 is 2.43 bits per heavy atom. The minimum Gasteiger partial charge on any atom is -0.389 e. The first-order valence-electron chi connectivity index (χ1n) is 6.10. The average Bonchev–Trinajstić information content (AvgIpc) is 2.44. The molecule has 6 heteroatoms. The molecule has 2 rings (SSSR count). The van der Waals surface area contributed by atoms with Gasteiger partial charge < -0.3 is 11.1 Å². The third kappa shape index (κ3) is 3.82. The van der Waals surface area contributed by atoms with Gasteiger partial charge in [-0.1, -0.05) is 42.5 Å². The van der Waals surface area contributed by atoms with E-state index in [1.807, 2.05) is 0 Å². The molecule has 0 aliphatic heterocycles. The molecule has 21 heavy (non-hydrogen) atoms. The Balaban J connectivity index is 2.04. The molecule has 0 aliphatic rings. The van der Waals surface area contributed by atoms with Crippen LogP contribution in [0.25, 0.3) is 0 Å². The second-order valence-electron chi connectivity index (χ2n) is 4.39. The summed E-state index contributed by atoms with van der Waals surface area (Å²) < 4.78 is 26.5. The molecule has 0 saturated heterocycles. The highest BCUT2D eigenvalue weighted by Gasteiger charge is 2.11. The van der Waals surface area contributed by atoms with Gasteiger partial charge in [0.15, 0.2) is 11.6 Å². The van der Waals surface area contributed by atoms with Crippen LogP contribution < -0.4 is 11.1 Å². The van der Waals surface area contributed by atoms with E-state index in [4.69, 9.17) is 18.0 Å². The number of halogens is 2. The largest absolute Gasteiger partial charge is 0.389 e. The smallest absolute Gasteiger partial charge is 0.228 e. The number of hydrogen-bond acceptors (Lipinski definition) is 2. The van der Waals surface area contributed by atoms with Crippen LogP contribution in [0.3, 0.4) is 0 Å². The maximum atomic E-state index is 13.4. The third-order valence-corrected chi connectivity index (χ3v) is 3.06. The number of anilines is 1. The maximum Gasteiger partial charge on any atom is 0.228 e. The topological polar surface area (TPSA) is 55.1 Å². The van der Waals surface area contributed by atoms with Crippen LogP contribution in [0.5, 0.6) is 0 Å². The number of nitrogens with one attached hydrogen (secondary N) is 1. The number of hydrogen-bond donors (Lipinski definition) is 2. The van der Waals surface area contributed by atoms with Crippen molar-refractivity contribution in [2.24, 2.45) is 5.73 Å². The van der Waals surface area contributed by atoms with Crippen molar-refractivity contribution in [1.82, 2.24) is 0 Å². The fourth-order valence-corrected chi connectivity index (χ4v) is 1.90. The minimum atomic E-state index is -1.07. The van der Waals surface area contributed by atoms with Gasteiger partial charge in [0, 0.05) is 5.56 Å². The predicted octanol–water partition coefficient (Wildman–Crippen LogP) is 2.78. The van der Waals surface area contributed by atoms with Crippen LogP contribution >= 0.6 is 12.2 Å². The van der Waals surface area contributed by atoms with Crippen LogP contribution in [0, 0.1) is 11.6 Å². The van der Waals surface area contributed by atoms with Gasteiger partial charge in [0.1, 0.15) is 4.99 Å². The van der Waals surface area contributed by atoms with Crippen LogP contribution in [0.2, 0.25) is 0 Å². The molecule has 3 nitrogen and oxygen atoms in total. The Bertz CT molecular complexity index is 687. The normalized spacial score (nSPS) is 10.2. The summed E-state index contributed by atoms with van der Waals surface area (Å²) in [5.74, 6) is -2.52. The first-order chi connectivity index (χ1) is 9.97. The highest BCUT2D eigenvalue weighted by Crippen LogP contribution is 2.17. The van der Waals surface area contributed by atoms with Crippen molar-refractivity contribution < 1.29 is 13.6 Å². The summed E-state index contributed by atoms with van der Waals surface area (Å²) in [6.07, 6.45) is 0.0353. The zero-order valence-electron chi connectivity index (χ0n) is 10.9. The molecule has 0 unspecified atom stereocenters. The van der Waals surface area contributed by atoms with Crippen molar-refractivity contribution >= 4 is 28.8 Å². The molecule has 2 aromatic carbocycles. The van der Waals surface area contributed by atoms with Gasteiger partial charge in [0.2, 0.25) is 5.91 Å². The van der Waals surface area contributed by atoms with Gasteiger partial charge in [0.25, 0.3) is 0 Å². The van der Waals surface area contributed by atoms with Gasteiger partial charge in [-0.25, -0.2) is 8.78 Å². The second kappa shape index (κ2) is 6.41. The number of carbonyl (C=O) groups excluding carboxylic acids is 1. The molecule has 0 aromatic heterocycles. The van der Waals surface area contributed by atoms with Crippen LogP contribution in [0.4, 0.5) is 14.5 Å². The molecule has 0 fully saturated rings. The summed E-state index contributed by atoms with van der Waals surface area (Å²) in [7, 11) is 0. The van der Waals surface area contributed by atoms with E-state index in [2.05, 4.69) is 5.32 Å². The molecule has 0 heterocycles. The molecular formula is C15H12F2N2OS. The van der Waals surface area contributed by atoms with Crippen LogP contribution in [0.15, 0.2) is 42.5 Å². The van der Waals surface area contributed by atoms with E-state index in [0.29, 0.717) is 11.1 Å². The number of amides is 1. The van der Waals surface area contributed by atoms with Crippen molar-refractivity contribution in [3.63, 3.8) is 0 Å². The Kier molecular flexibility index (Phi) is 4.59. The van der Waals surface area contributed by atoms with E-state index in [9.17, 15) is 13.6 Å². The van der Waals surface area contributed by atoms with Gasteiger partial charge in [-0.15, -0.1) is 0 Å². The molecule has 0 aliphatic carbocycles. The summed E-state index contributed by atoms with van der Waals surface area (Å²) in [4.78, 5) is 12.1. The lowest BCUT2D eigenvalue weighted by atomic mass is 10.1. The fourth-order valence-electron chi connectivity index (χ4n) is 1.77. The monoisotopic (exact) mass is 306 g/mol. The summed E-state index contributed by atoms with van der Waals surface area (Å²) in [6, 6.07) is 10.4. The molecule has 108 valence electrons. The van der Waals surface area contributed by atoms with Crippen LogP contribution in [0.1, 0.15) is 11.1 Å². The Morgan fingerprint density at radius 1 is 1.14 bits per heavy atom. The average molecular weight is 306 g/mol. The molecule has 3 N–H and O–H groups in total. The Morgan fingerprint density at radius 2 is 1.81 bits per heavy atom. The van der Waals surface area contributed by atoms with E-state index < -0.39 is 17.5 Å². The first-order valence-corrected chi connectivity index (χ1v) is 6.51. The standard InChI is InChI=1S/C15H12F2N2OS/c16-11-2-1-3-12(14(11)17)19-13(20)8-9-4-6-10(7-5-9)15(18)21/h1-7H,8H2,(H2,18,21)(H,19,20). The van der Waals surface area contributed by atoms with Crippen molar-refractivity contribution in [1.29, 1.82) is 0 Å². The predicted molar refractivity (Wildman–Crippen MR) is 81.0 cm³/mol. The summed E-state index contributed by atoms with van der Waals surface area (Å²) in [5, 5.41) is 2.33. The SMILES string of the molecule is NC(=S)c1ccc(CC(=O)Nc2cccc(F)c2F)cc1. The number of nitrogens with two attached hydrogens (primary N) is 1. The van der Waals surface area contributed by atoms with E-state index in [0.717, 1.165) is 6.07 Å². The van der Waals surface area contributed by atoms with E-state index in [1.54, 1.807) is 24.3 Å². The number of carbonyl (C=O) groups is 1. The summed E-state index contributed by atoms with van der Waals surface area (Å²) >= 11 is 4.83. The van der Waals surface area contributed by atoms with Gasteiger partial charge >= 0.3 is 0 Å². The first kappa shape index (κ1) is 15.1. The molecule has 0 radical (unpaired) electrons. The maximum absolute atomic E-state index is 13.4. The van der Waals surface area contributed by atoms with Crippen molar-refractivity contribution in [2.45, 2.75) is 6.42 Å². The lowest BCUT2D eigenvalue weighted by molar-refractivity contribution is -0.115. The van der Waals surface area contributed by atoms with Gasteiger partial charge in [0.05, 0.1) is 12.1 Å². The molecule has 2 aromatic rings. The van der Waals surface area contributed by atoms with Gasteiger partial charge in [-0.3, -0.25) is 4.79 Å². The van der Waals surface area contributed by atoms with Crippen molar-refractivity contribution in [2.75, 3.05) is 5.32 Å². The number of benzene rings is 2. The van der Waals surface area contributed by atoms with Gasteiger partial charge in [-0.2, -0.15) is 0 Å². The van der Waals surface area contributed by atoms with Crippen LogP contribution in [-0.4, -0.2) is 10.9 Å². The lowest BCUT2D eigenvalue weighted by Gasteiger charge is -2.07. The quantitative estimate of drug-likeness (QED) is 0.854. The summed E-state index contributed by atoms with van der Waals surface area (Å²) in [5.41, 5.74) is 6.70.